The van der Waals surface area contributed by atoms with E-state index in [0.29, 0.717) is 5.88 Å². The molecule has 0 bridgehead atoms. The first-order valence-electron chi connectivity index (χ1n) is 4.97. The second-order valence-corrected chi connectivity index (χ2v) is 4.10. The Labute approximate surface area is 98.8 Å². The van der Waals surface area contributed by atoms with Gasteiger partial charge in [0.25, 0.3) is 0 Å². The Bertz CT molecular complexity index is 477. The molecule has 1 heterocycles. The summed E-state index contributed by atoms with van der Waals surface area (Å²) in [4.78, 5) is 4.46. The molecule has 1 aromatic carbocycles. The third kappa shape index (κ3) is 1.84. The molecule has 4 heteroatoms. The zero-order valence-electron chi connectivity index (χ0n) is 8.50. The molecule has 0 atom stereocenters. The van der Waals surface area contributed by atoms with Crippen LogP contribution in [0.4, 0.5) is 0 Å². The predicted molar refractivity (Wildman–Crippen MR) is 64.6 cm³/mol. The molecule has 2 aromatic rings. The number of rotatable bonds is 3. The zero-order chi connectivity index (χ0) is 10.8. The minimum absolute atomic E-state index is 0.422. The Kier molecular flexibility index (Phi) is 3.17. The van der Waals surface area contributed by atoms with Gasteiger partial charge >= 0.3 is 0 Å². The van der Waals surface area contributed by atoms with Crippen molar-refractivity contribution in [1.29, 1.82) is 0 Å². The lowest BCUT2D eigenvalue weighted by Crippen LogP contribution is -2.01. The van der Waals surface area contributed by atoms with Crippen LogP contribution in [0.3, 0.4) is 0 Å². The molecule has 2 rings (SSSR count). The predicted octanol–water partition coefficient (Wildman–Crippen LogP) is 3.84. The van der Waals surface area contributed by atoms with Crippen LogP contribution in [0, 0.1) is 0 Å². The topological polar surface area (TPSA) is 17.8 Å². The van der Waals surface area contributed by atoms with Gasteiger partial charge < -0.3 is 4.57 Å². The molecule has 0 aliphatic rings. The standard InChI is InChI=1S/C11H12Cl2N2/c1-2-6-15-10(7-12)14-9-5-3-4-8(13)11(9)15/h3-5H,2,6-7H2,1H3. The van der Waals surface area contributed by atoms with Crippen molar-refractivity contribution in [3.8, 4) is 0 Å². The Morgan fingerprint density at radius 3 is 2.87 bits per heavy atom. The number of hydrogen-bond donors (Lipinski definition) is 0. The Balaban J connectivity index is 2.70. The van der Waals surface area contributed by atoms with E-state index >= 15 is 0 Å². The summed E-state index contributed by atoms with van der Waals surface area (Å²) in [5, 5.41) is 0.741. The lowest BCUT2D eigenvalue weighted by atomic mass is 10.3. The number of imidazole rings is 1. The van der Waals surface area contributed by atoms with Crippen LogP contribution in [0.2, 0.25) is 5.02 Å². The van der Waals surface area contributed by atoms with E-state index in [2.05, 4.69) is 16.5 Å². The maximum atomic E-state index is 6.16. The molecule has 1 aromatic heterocycles. The Morgan fingerprint density at radius 1 is 1.40 bits per heavy atom. The summed E-state index contributed by atoms with van der Waals surface area (Å²) in [7, 11) is 0. The fourth-order valence-electron chi connectivity index (χ4n) is 1.76. The van der Waals surface area contributed by atoms with E-state index in [1.807, 2.05) is 18.2 Å². The molecule has 0 fully saturated rings. The molecule has 0 aliphatic heterocycles. The van der Waals surface area contributed by atoms with Gasteiger partial charge in [-0.05, 0) is 18.6 Å². The van der Waals surface area contributed by atoms with E-state index in [-0.39, 0.29) is 0 Å². The molecule has 0 amide bonds. The van der Waals surface area contributed by atoms with Crippen LogP contribution in [0.25, 0.3) is 11.0 Å². The number of aryl methyl sites for hydroxylation is 1. The van der Waals surface area contributed by atoms with Gasteiger partial charge in [0.1, 0.15) is 5.82 Å². The van der Waals surface area contributed by atoms with E-state index in [0.717, 1.165) is 34.8 Å². The minimum atomic E-state index is 0.422. The van der Waals surface area contributed by atoms with Crippen molar-refractivity contribution in [3.05, 3.63) is 29.0 Å². The van der Waals surface area contributed by atoms with Gasteiger partial charge in [0.15, 0.2) is 0 Å². The SMILES string of the molecule is CCCn1c(CCl)nc2cccc(Cl)c21. The number of nitrogens with zero attached hydrogens (tertiary/aromatic N) is 2. The highest BCUT2D eigenvalue weighted by molar-refractivity contribution is 6.35. The highest BCUT2D eigenvalue weighted by Crippen LogP contribution is 2.25. The molecular weight excluding hydrogens is 231 g/mol. The Morgan fingerprint density at radius 2 is 2.20 bits per heavy atom. The van der Waals surface area contributed by atoms with Crippen LogP contribution < -0.4 is 0 Å². The lowest BCUT2D eigenvalue weighted by molar-refractivity contribution is 0.672. The van der Waals surface area contributed by atoms with Crippen molar-refractivity contribution < 1.29 is 0 Å². The van der Waals surface area contributed by atoms with Gasteiger partial charge in [0.05, 0.1) is 21.9 Å². The van der Waals surface area contributed by atoms with E-state index in [1.165, 1.54) is 0 Å². The number of fused-ring (bicyclic) bond motifs is 1. The summed E-state index contributed by atoms with van der Waals surface area (Å²) in [6.45, 7) is 3.03. The average Bonchev–Trinajstić information content (AvgIpc) is 2.58. The van der Waals surface area contributed by atoms with E-state index in [1.54, 1.807) is 0 Å². The van der Waals surface area contributed by atoms with Crippen LogP contribution in [0.15, 0.2) is 18.2 Å². The first kappa shape index (κ1) is 10.8. The van der Waals surface area contributed by atoms with Gasteiger partial charge in [-0.15, -0.1) is 11.6 Å². The monoisotopic (exact) mass is 242 g/mol. The summed E-state index contributed by atoms with van der Waals surface area (Å²) in [6, 6.07) is 5.76. The normalized spacial score (nSPS) is 11.1. The van der Waals surface area contributed by atoms with Crippen LogP contribution in [0.1, 0.15) is 19.2 Å². The first-order valence-corrected chi connectivity index (χ1v) is 5.88. The summed E-state index contributed by atoms with van der Waals surface area (Å²) in [6.07, 6.45) is 1.04. The maximum Gasteiger partial charge on any atom is 0.124 e. The lowest BCUT2D eigenvalue weighted by Gasteiger charge is -2.06. The van der Waals surface area contributed by atoms with Gasteiger partial charge in [-0.3, -0.25) is 0 Å². The third-order valence-corrected chi connectivity index (χ3v) is 2.91. The smallest absolute Gasteiger partial charge is 0.124 e. The quantitative estimate of drug-likeness (QED) is 0.749. The van der Waals surface area contributed by atoms with Crippen molar-refractivity contribution in [1.82, 2.24) is 9.55 Å². The second-order valence-electron chi connectivity index (χ2n) is 3.42. The fourth-order valence-corrected chi connectivity index (χ4v) is 2.23. The average molecular weight is 243 g/mol. The van der Waals surface area contributed by atoms with Gasteiger partial charge in [0, 0.05) is 6.54 Å². The van der Waals surface area contributed by atoms with Gasteiger partial charge in [0.2, 0.25) is 0 Å². The van der Waals surface area contributed by atoms with Crippen LogP contribution in [-0.2, 0) is 12.4 Å². The third-order valence-electron chi connectivity index (χ3n) is 2.36. The number of benzene rings is 1. The van der Waals surface area contributed by atoms with Crippen molar-refractivity contribution in [3.63, 3.8) is 0 Å². The molecule has 0 spiro atoms. The molecule has 2 nitrogen and oxygen atoms in total. The van der Waals surface area contributed by atoms with E-state index < -0.39 is 0 Å². The largest absolute Gasteiger partial charge is 0.326 e. The van der Waals surface area contributed by atoms with Crippen molar-refractivity contribution >= 4 is 34.2 Å². The summed E-state index contributed by atoms with van der Waals surface area (Å²) in [5.41, 5.74) is 1.92. The molecule has 0 saturated heterocycles. The van der Waals surface area contributed by atoms with Gasteiger partial charge in [-0.1, -0.05) is 24.6 Å². The van der Waals surface area contributed by atoms with Crippen LogP contribution in [0.5, 0.6) is 0 Å². The first-order chi connectivity index (χ1) is 7.27. The molecular formula is C11H12Cl2N2. The van der Waals surface area contributed by atoms with E-state index in [4.69, 9.17) is 23.2 Å². The van der Waals surface area contributed by atoms with Gasteiger partial charge in [-0.25, -0.2) is 4.98 Å². The second kappa shape index (κ2) is 4.42. The van der Waals surface area contributed by atoms with Crippen molar-refractivity contribution in [2.75, 3.05) is 0 Å². The number of halogens is 2. The maximum absolute atomic E-state index is 6.16. The summed E-state index contributed by atoms with van der Waals surface area (Å²) >= 11 is 12.0. The zero-order valence-corrected chi connectivity index (χ0v) is 10.0. The molecule has 0 aliphatic carbocycles. The molecule has 15 heavy (non-hydrogen) atoms. The number of aromatic nitrogens is 2. The Hall–Kier alpha value is -0.730. The highest BCUT2D eigenvalue weighted by atomic mass is 35.5. The minimum Gasteiger partial charge on any atom is -0.326 e. The summed E-state index contributed by atoms with van der Waals surface area (Å²) < 4.78 is 2.10. The van der Waals surface area contributed by atoms with Crippen molar-refractivity contribution in [2.24, 2.45) is 0 Å². The molecule has 0 N–H and O–H groups in total. The van der Waals surface area contributed by atoms with Crippen LogP contribution in [-0.4, -0.2) is 9.55 Å². The highest BCUT2D eigenvalue weighted by Gasteiger charge is 2.11. The van der Waals surface area contributed by atoms with Crippen molar-refractivity contribution in [2.45, 2.75) is 25.8 Å². The molecule has 0 saturated carbocycles. The van der Waals surface area contributed by atoms with Gasteiger partial charge in [-0.2, -0.15) is 0 Å². The fraction of sp³-hybridized carbons (Fsp3) is 0.364. The molecule has 0 radical (unpaired) electrons. The number of hydrogen-bond acceptors (Lipinski definition) is 1. The molecule has 80 valence electrons. The number of alkyl halides is 1. The summed E-state index contributed by atoms with van der Waals surface area (Å²) in [5.74, 6) is 1.31. The number of para-hydroxylation sites is 1. The molecule has 0 unspecified atom stereocenters. The van der Waals surface area contributed by atoms with E-state index in [9.17, 15) is 0 Å². The van der Waals surface area contributed by atoms with Crippen LogP contribution >= 0.6 is 23.2 Å².